The van der Waals surface area contributed by atoms with Crippen LogP contribution in [0.4, 0.5) is 4.39 Å². The van der Waals surface area contributed by atoms with Crippen LogP contribution in [0.3, 0.4) is 0 Å². The summed E-state index contributed by atoms with van der Waals surface area (Å²) in [6.45, 7) is 1.80. The average molecular weight is 424 g/mol. The van der Waals surface area contributed by atoms with Crippen LogP contribution >= 0.6 is 0 Å². The molecule has 1 atom stereocenters. The number of rotatable bonds is 8. The van der Waals surface area contributed by atoms with E-state index in [9.17, 15) is 9.18 Å². The minimum Gasteiger partial charge on any atom is -0.396 e. The Bertz CT molecular complexity index is 996. The maximum absolute atomic E-state index is 14.8. The number of nitrogens with zero attached hydrogens (tertiary/aromatic N) is 2. The van der Waals surface area contributed by atoms with Gasteiger partial charge in [-0.2, -0.15) is 0 Å². The average Bonchev–Trinajstić information content (AvgIpc) is 3.22. The molecule has 1 aromatic heterocycles. The number of nitrogens with one attached hydrogen (secondary N) is 1. The van der Waals surface area contributed by atoms with Crippen LogP contribution in [-0.2, 0) is 17.8 Å². The van der Waals surface area contributed by atoms with E-state index in [0.717, 1.165) is 42.6 Å². The number of alkyl halides is 1. The Labute approximate surface area is 182 Å². The molecular formula is C25H30FN3O2. The van der Waals surface area contributed by atoms with Crippen LogP contribution in [0, 0.1) is 0 Å². The van der Waals surface area contributed by atoms with Crippen LogP contribution in [-0.4, -0.2) is 46.5 Å². The lowest BCUT2D eigenvalue weighted by Gasteiger charge is -2.35. The second-order valence-electron chi connectivity index (χ2n) is 8.26. The number of carbonyl (C=O) groups is 1. The fourth-order valence-electron chi connectivity index (χ4n) is 4.40. The summed E-state index contributed by atoms with van der Waals surface area (Å²) in [5.41, 5.74) is 3.21. The number of piperidine rings is 1. The van der Waals surface area contributed by atoms with Gasteiger partial charge >= 0.3 is 0 Å². The van der Waals surface area contributed by atoms with Crippen molar-refractivity contribution in [1.29, 1.82) is 0 Å². The summed E-state index contributed by atoms with van der Waals surface area (Å²) in [7, 11) is 0. The third-order valence-electron chi connectivity index (χ3n) is 6.15. The molecule has 3 aromatic rings. The Morgan fingerprint density at radius 3 is 2.61 bits per heavy atom. The summed E-state index contributed by atoms with van der Waals surface area (Å²) < 4.78 is 17.1. The maximum atomic E-state index is 14.8. The molecular weight excluding hydrogens is 393 g/mol. The molecule has 5 nitrogen and oxygen atoms in total. The first kappa shape index (κ1) is 21.5. The lowest BCUT2D eigenvalue weighted by atomic mass is 10.0. The van der Waals surface area contributed by atoms with Gasteiger partial charge in [0.25, 0.3) is 0 Å². The molecule has 0 spiro atoms. The molecule has 0 aliphatic carbocycles. The molecule has 31 heavy (non-hydrogen) atoms. The monoisotopic (exact) mass is 423 g/mol. The molecule has 1 aliphatic heterocycles. The van der Waals surface area contributed by atoms with Gasteiger partial charge in [-0.3, -0.25) is 9.69 Å². The highest BCUT2D eigenvalue weighted by molar-refractivity contribution is 5.81. The number of hydrogen-bond acceptors (Lipinski definition) is 3. The third kappa shape index (κ3) is 5.32. The molecule has 2 aromatic carbocycles. The first-order valence-electron chi connectivity index (χ1n) is 11.0. The molecule has 6 heteroatoms. The molecule has 1 unspecified atom stereocenters. The van der Waals surface area contributed by atoms with Crippen molar-refractivity contribution < 1.29 is 14.3 Å². The van der Waals surface area contributed by atoms with E-state index >= 15 is 0 Å². The van der Waals surface area contributed by atoms with Crippen molar-refractivity contribution in [3.8, 4) is 0 Å². The third-order valence-corrected chi connectivity index (χ3v) is 6.15. The Kier molecular flexibility index (Phi) is 6.99. The number of likely N-dealkylation sites (tertiary alicyclic amines) is 1. The van der Waals surface area contributed by atoms with Crippen molar-refractivity contribution in [3.63, 3.8) is 0 Å². The van der Waals surface area contributed by atoms with Crippen molar-refractivity contribution in [2.24, 2.45) is 0 Å². The number of halogens is 1. The van der Waals surface area contributed by atoms with Gasteiger partial charge in [-0.15, -0.1) is 0 Å². The molecule has 4 rings (SSSR count). The Morgan fingerprint density at radius 2 is 1.87 bits per heavy atom. The van der Waals surface area contributed by atoms with Gasteiger partial charge in [0.15, 0.2) is 6.30 Å². The fraction of sp³-hybridized carbons (Fsp3) is 0.400. The lowest BCUT2D eigenvalue weighted by molar-refractivity contribution is -0.121. The molecule has 1 saturated heterocycles. The standard InChI is InChI=1S/C25H30FN3O2/c26-24(17-19-4-2-1-3-5-19)28-12-9-22(10-13-28)29-14-8-21-7-6-20(16-23(21)29)18-27-25(31)11-15-30/h1-8,14,16,22,24,30H,9-13,15,17-18H2,(H,27,31). The van der Waals surface area contributed by atoms with Gasteiger partial charge in [0, 0.05) is 50.2 Å². The predicted octanol–water partition coefficient (Wildman–Crippen LogP) is 3.82. The topological polar surface area (TPSA) is 57.5 Å². The zero-order valence-corrected chi connectivity index (χ0v) is 17.7. The van der Waals surface area contributed by atoms with Crippen molar-refractivity contribution >= 4 is 16.8 Å². The summed E-state index contributed by atoms with van der Waals surface area (Å²) in [6.07, 6.45) is 3.56. The number of fused-ring (bicyclic) bond motifs is 1. The van der Waals surface area contributed by atoms with Crippen LogP contribution < -0.4 is 5.32 Å². The van der Waals surface area contributed by atoms with Crippen molar-refractivity contribution in [2.75, 3.05) is 19.7 Å². The van der Waals surface area contributed by atoms with E-state index in [1.54, 1.807) is 0 Å². The van der Waals surface area contributed by atoms with Gasteiger partial charge in [-0.05, 0) is 41.5 Å². The van der Waals surface area contributed by atoms with Gasteiger partial charge < -0.3 is 15.0 Å². The van der Waals surface area contributed by atoms with Crippen molar-refractivity contribution in [2.45, 2.75) is 44.6 Å². The molecule has 1 aliphatic rings. The van der Waals surface area contributed by atoms with Gasteiger partial charge in [-0.1, -0.05) is 42.5 Å². The van der Waals surface area contributed by atoms with Crippen LogP contribution in [0.5, 0.6) is 0 Å². The minimum absolute atomic E-state index is 0.122. The number of aromatic nitrogens is 1. The minimum atomic E-state index is -0.945. The fourth-order valence-corrected chi connectivity index (χ4v) is 4.40. The van der Waals surface area contributed by atoms with Crippen molar-refractivity contribution in [3.05, 3.63) is 71.9 Å². The van der Waals surface area contributed by atoms with Gasteiger partial charge in [0.2, 0.25) is 5.91 Å². The van der Waals surface area contributed by atoms with Crippen LogP contribution in [0.25, 0.3) is 10.9 Å². The Morgan fingerprint density at radius 1 is 1.10 bits per heavy atom. The Hall–Kier alpha value is -2.70. The summed E-state index contributed by atoms with van der Waals surface area (Å²) in [5, 5.41) is 12.9. The van der Waals surface area contributed by atoms with Crippen LogP contribution in [0.1, 0.15) is 36.4 Å². The molecule has 0 radical (unpaired) electrons. The van der Waals surface area contributed by atoms with E-state index in [2.05, 4.69) is 34.3 Å². The molecule has 2 heterocycles. The lowest BCUT2D eigenvalue weighted by Crippen LogP contribution is -2.40. The zero-order valence-electron chi connectivity index (χ0n) is 17.7. The zero-order chi connectivity index (χ0) is 21.6. The quantitative estimate of drug-likeness (QED) is 0.542. The first-order valence-corrected chi connectivity index (χ1v) is 11.0. The highest BCUT2D eigenvalue weighted by Gasteiger charge is 2.26. The van der Waals surface area contributed by atoms with E-state index in [1.165, 1.54) is 5.39 Å². The van der Waals surface area contributed by atoms with Gasteiger partial charge in [-0.25, -0.2) is 4.39 Å². The van der Waals surface area contributed by atoms with E-state index in [0.29, 0.717) is 19.0 Å². The highest BCUT2D eigenvalue weighted by atomic mass is 19.1. The predicted molar refractivity (Wildman–Crippen MR) is 120 cm³/mol. The normalized spacial score (nSPS) is 16.5. The molecule has 0 saturated carbocycles. The molecule has 0 bridgehead atoms. The largest absolute Gasteiger partial charge is 0.396 e. The molecule has 1 fully saturated rings. The van der Waals surface area contributed by atoms with E-state index < -0.39 is 6.30 Å². The number of amides is 1. The summed E-state index contributed by atoms with van der Waals surface area (Å²) >= 11 is 0. The van der Waals surface area contributed by atoms with E-state index in [-0.39, 0.29) is 18.9 Å². The second kappa shape index (κ2) is 10.1. The molecule has 2 N–H and O–H groups in total. The SMILES string of the molecule is O=C(CCO)NCc1ccc2ccn(C3CCN(C(F)Cc4ccccc4)CC3)c2c1. The van der Waals surface area contributed by atoms with Gasteiger partial charge in [0.05, 0.1) is 6.61 Å². The van der Waals surface area contributed by atoms with Crippen molar-refractivity contribution in [1.82, 2.24) is 14.8 Å². The summed E-state index contributed by atoms with van der Waals surface area (Å²) in [5.74, 6) is -0.151. The number of aliphatic hydroxyl groups excluding tert-OH is 1. The first-order chi connectivity index (χ1) is 15.1. The maximum Gasteiger partial charge on any atom is 0.222 e. The number of hydrogen-bond donors (Lipinski definition) is 2. The summed E-state index contributed by atoms with van der Waals surface area (Å²) in [4.78, 5) is 13.6. The number of aliphatic hydroxyl groups is 1. The highest BCUT2D eigenvalue weighted by Crippen LogP contribution is 2.29. The van der Waals surface area contributed by atoms with E-state index in [4.69, 9.17) is 5.11 Å². The summed E-state index contributed by atoms with van der Waals surface area (Å²) in [6, 6.07) is 18.5. The van der Waals surface area contributed by atoms with Crippen LogP contribution in [0.15, 0.2) is 60.8 Å². The smallest absolute Gasteiger partial charge is 0.222 e. The molecule has 1 amide bonds. The molecule has 164 valence electrons. The number of benzene rings is 2. The van der Waals surface area contributed by atoms with Gasteiger partial charge in [0.1, 0.15) is 0 Å². The van der Waals surface area contributed by atoms with Crippen LogP contribution in [0.2, 0.25) is 0 Å². The Balaban J connectivity index is 1.38. The number of carbonyl (C=O) groups excluding carboxylic acids is 1. The second-order valence-corrected chi connectivity index (χ2v) is 8.26. The van der Waals surface area contributed by atoms with E-state index in [1.807, 2.05) is 41.3 Å².